The fourth-order valence-electron chi connectivity index (χ4n) is 4.10. The van der Waals surface area contributed by atoms with E-state index in [1.165, 1.54) is 6.07 Å². The van der Waals surface area contributed by atoms with Gasteiger partial charge in [-0.15, -0.1) is 0 Å². The first kappa shape index (κ1) is 17.2. The average molecular weight is 356 g/mol. The lowest BCUT2D eigenvalue weighted by atomic mass is 9.91. The first-order valence-electron chi connectivity index (χ1n) is 9.44. The predicted molar refractivity (Wildman–Crippen MR) is 97.4 cm³/mol. The number of aromatic nitrogens is 2. The van der Waals surface area contributed by atoms with E-state index < -0.39 is 0 Å². The summed E-state index contributed by atoms with van der Waals surface area (Å²) in [6.07, 6.45) is 4.78. The molecule has 1 aliphatic carbocycles. The number of hydrogen-bond acceptors (Lipinski definition) is 3. The Labute approximate surface area is 153 Å². The molecule has 1 amide bonds. The Morgan fingerprint density at radius 3 is 2.85 bits per heavy atom. The van der Waals surface area contributed by atoms with Crippen molar-refractivity contribution in [1.82, 2.24) is 20.0 Å². The number of likely N-dealkylation sites (tertiary alicyclic amines) is 1. The van der Waals surface area contributed by atoms with Gasteiger partial charge in [0.2, 0.25) is 0 Å². The van der Waals surface area contributed by atoms with Crippen LogP contribution in [-0.2, 0) is 26.4 Å². The summed E-state index contributed by atoms with van der Waals surface area (Å²) in [4.78, 5) is 14.8. The average Bonchev–Trinajstić information content (AvgIpc) is 3.29. The zero-order valence-electron chi connectivity index (χ0n) is 15.2. The number of hydrogen-bond donors (Lipinski definition) is 1. The number of halogens is 1. The van der Waals surface area contributed by atoms with Gasteiger partial charge in [-0.2, -0.15) is 5.10 Å². The van der Waals surface area contributed by atoms with Crippen LogP contribution in [0.15, 0.2) is 24.3 Å². The third-order valence-corrected chi connectivity index (χ3v) is 5.59. The van der Waals surface area contributed by atoms with E-state index in [1.807, 2.05) is 28.8 Å². The summed E-state index contributed by atoms with van der Waals surface area (Å²) in [5.74, 6) is -0.114. The molecule has 138 valence electrons. The van der Waals surface area contributed by atoms with Crippen molar-refractivity contribution in [3.63, 3.8) is 0 Å². The van der Waals surface area contributed by atoms with Crippen molar-refractivity contribution < 1.29 is 9.18 Å². The minimum Gasteiger partial charge on any atom is -0.337 e. The number of nitrogens with zero attached hydrogens (tertiary/aromatic N) is 3. The van der Waals surface area contributed by atoms with Crippen molar-refractivity contribution in [1.29, 1.82) is 0 Å². The maximum absolute atomic E-state index is 13.8. The molecule has 1 aromatic carbocycles. The van der Waals surface area contributed by atoms with E-state index >= 15 is 0 Å². The van der Waals surface area contributed by atoms with E-state index in [2.05, 4.69) is 10.4 Å². The molecule has 0 radical (unpaired) electrons. The van der Waals surface area contributed by atoms with Gasteiger partial charge in [0.15, 0.2) is 5.69 Å². The first-order chi connectivity index (χ1) is 12.6. The molecule has 0 spiro atoms. The molecule has 0 bridgehead atoms. The highest BCUT2D eigenvalue weighted by atomic mass is 19.1. The largest absolute Gasteiger partial charge is 0.337 e. The van der Waals surface area contributed by atoms with E-state index in [-0.39, 0.29) is 17.8 Å². The van der Waals surface area contributed by atoms with E-state index in [4.69, 9.17) is 0 Å². The van der Waals surface area contributed by atoms with Gasteiger partial charge >= 0.3 is 0 Å². The summed E-state index contributed by atoms with van der Waals surface area (Å²) >= 11 is 0. The van der Waals surface area contributed by atoms with Crippen molar-refractivity contribution in [2.24, 2.45) is 7.05 Å². The van der Waals surface area contributed by atoms with Crippen LogP contribution in [0.3, 0.4) is 0 Å². The molecule has 2 aromatic rings. The third-order valence-electron chi connectivity index (χ3n) is 5.59. The fraction of sp³-hybridized carbons (Fsp3) is 0.500. The minimum absolute atomic E-state index is 0.0640. The van der Waals surface area contributed by atoms with Gasteiger partial charge in [0, 0.05) is 49.5 Å². The van der Waals surface area contributed by atoms with Crippen molar-refractivity contribution >= 4 is 5.91 Å². The van der Waals surface area contributed by atoms with Gasteiger partial charge in [-0.25, -0.2) is 4.39 Å². The van der Waals surface area contributed by atoms with Gasteiger partial charge in [0.05, 0.1) is 0 Å². The highest BCUT2D eigenvalue weighted by molar-refractivity contribution is 5.94. The fourth-order valence-corrected chi connectivity index (χ4v) is 4.10. The Bertz CT molecular complexity index is 810. The maximum Gasteiger partial charge on any atom is 0.274 e. The number of benzene rings is 1. The molecule has 1 atom stereocenters. The molecule has 5 nitrogen and oxygen atoms in total. The van der Waals surface area contributed by atoms with Crippen molar-refractivity contribution in [3.8, 4) is 0 Å². The third kappa shape index (κ3) is 3.26. The molecule has 26 heavy (non-hydrogen) atoms. The molecule has 1 N–H and O–H groups in total. The van der Waals surface area contributed by atoms with E-state index in [9.17, 15) is 9.18 Å². The number of fused-ring (bicyclic) bond motifs is 1. The number of carbonyl (C=O) groups is 1. The van der Waals surface area contributed by atoms with E-state index in [0.717, 1.165) is 56.5 Å². The van der Waals surface area contributed by atoms with Gasteiger partial charge in [-0.05, 0) is 38.2 Å². The predicted octanol–water partition coefficient (Wildman–Crippen LogP) is 2.44. The number of amides is 1. The van der Waals surface area contributed by atoms with Gasteiger partial charge in [0.1, 0.15) is 5.82 Å². The molecule has 6 heteroatoms. The lowest BCUT2D eigenvalue weighted by Crippen LogP contribution is -2.36. The molecule has 1 unspecified atom stereocenters. The smallest absolute Gasteiger partial charge is 0.274 e. The molecule has 1 fully saturated rings. The summed E-state index contributed by atoms with van der Waals surface area (Å²) in [7, 11) is 1.92. The molecular formula is C20H25FN4O. The van der Waals surface area contributed by atoms with Crippen LogP contribution < -0.4 is 5.32 Å². The molecule has 0 saturated carbocycles. The Hall–Kier alpha value is -2.21. The Kier molecular flexibility index (Phi) is 4.76. The standard InChI is InChI=1S/C20H25FN4O/c1-24-18-9-8-15(22-13-14-6-2-3-7-17(14)21)12-16(18)19(23-24)20(26)25-10-4-5-11-25/h2-3,6-7,15,22H,4-5,8-13H2,1H3. The quantitative estimate of drug-likeness (QED) is 0.915. The van der Waals surface area contributed by atoms with Crippen LogP contribution in [0.1, 0.15) is 46.6 Å². The Balaban J connectivity index is 1.49. The number of carbonyl (C=O) groups excluding carboxylic acids is 1. The summed E-state index contributed by atoms with van der Waals surface area (Å²) in [6, 6.07) is 7.09. The zero-order chi connectivity index (χ0) is 18.1. The van der Waals surface area contributed by atoms with Crippen LogP contribution in [-0.4, -0.2) is 39.7 Å². The molecule has 2 heterocycles. The van der Waals surface area contributed by atoms with Gasteiger partial charge in [0.25, 0.3) is 5.91 Å². The second-order valence-corrected chi connectivity index (χ2v) is 7.31. The summed E-state index contributed by atoms with van der Waals surface area (Å²) in [6.45, 7) is 2.17. The number of nitrogens with one attached hydrogen (secondary N) is 1. The van der Waals surface area contributed by atoms with Crippen LogP contribution >= 0.6 is 0 Å². The number of aryl methyl sites for hydroxylation is 1. The second kappa shape index (κ2) is 7.19. The summed E-state index contributed by atoms with van der Waals surface area (Å²) in [5.41, 5.74) is 3.53. The molecule has 1 aliphatic heterocycles. The topological polar surface area (TPSA) is 50.2 Å². The van der Waals surface area contributed by atoms with Crippen LogP contribution in [0.2, 0.25) is 0 Å². The maximum atomic E-state index is 13.8. The van der Waals surface area contributed by atoms with Crippen LogP contribution in [0.5, 0.6) is 0 Å². The van der Waals surface area contributed by atoms with Crippen LogP contribution in [0.25, 0.3) is 0 Å². The molecule has 1 saturated heterocycles. The van der Waals surface area contributed by atoms with Crippen LogP contribution in [0, 0.1) is 5.82 Å². The monoisotopic (exact) mass is 356 g/mol. The normalized spacial score (nSPS) is 19.6. The van der Waals surface area contributed by atoms with Gasteiger partial charge < -0.3 is 10.2 Å². The summed E-state index contributed by atoms with van der Waals surface area (Å²) < 4.78 is 15.7. The SMILES string of the molecule is Cn1nc(C(=O)N2CCCC2)c2c1CCC(NCc1ccccc1F)C2. The van der Waals surface area contributed by atoms with Gasteiger partial charge in [-0.1, -0.05) is 18.2 Å². The van der Waals surface area contributed by atoms with Crippen molar-refractivity contribution in [3.05, 3.63) is 52.6 Å². The lowest BCUT2D eigenvalue weighted by Gasteiger charge is -2.25. The zero-order valence-corrected chi connectivity index (χ0v) is 15.2. The van der Waals surface area contributed by atoms with Gasteiger partial charge in [-0.3, -0.25) is 9.48 Å². The highest BCUT2D eigenvalue weighted by Gasteiger charge is 2.31. The van der Waals surface area contributed by atoms with Crippen LogP contribution in [0.4, 0.5) is 4.39 Å². The van der Waals surface area contributed by atoms with E-state index in [1.54, 1.807) is 6.07 Å². The van der Waals surface area contributed by atoms with E-state index in [0.29, 0.717) is 17.8 Å². The summed E-state index contributed by atoms with van der Waals surface area (Å²) in [5, 5.41) is 8.00. The number of rotatable bonds is 4. The molecule has 1 aromatic heterocycles. The minimum atomic E-state index is -0.178. The first-order valence-corrected chi connectivity index (χ1v) is 9.44. The highest BCUT2D eigenvalue weighted by Crippen LogP contribution is 2.26. The molecule has 2 aliphatic rings. The molecular weight excluding hydrogens is 331 g/mol. The Morgan fingerprint density at radius 1 is 1.31 bits per heavy atom. The van der Waals surface area contributed by atoms with Crippen molar-refractivity contribution in [2.45, 2.75) is 44.7 Å². The second-order valence-electron chi connectivity index (χ2n) is 7.31. The molecule has 4 rings (SSSR count). The van der Waals surface area contributed by atoms with Crippen molar-refractivity contribution in [2.75, 3.05) is 13.1 Å². The lowest BCUT2D eigenvalue weighted by molar-refractivity contribution is 0.0785. The Morgan fingerprint density at radius 2 is 2.08 bits per heavy atom.